The third-order valence-corrected chi connectivity index (χ3v) is 25.4. The van der Waals surface area contributed by atoms with Crippen molar-refractivity contribution >= 4 is 7.82 Å². The van der Waals surface area contributed by atoms with Gasteiger partial charge in [-0.05, 0) is 170 Å². The van der Waals surface area contributed by atoms with Crippen LogP contribution < -0.4 is 84.0 Å². The van der Waals surface area contributed by atoms with E-state index in [0.29, 0.717) is 0 Å². The number of hydrogen-bond acceptors (Lipinski definition) is 4. The highest BCUT2D eigenvalue weighted by Crippen LogP contribution is 2.14. The van der Waals surface area contributed by atoms with E-state index in [9.17, 15) is 0 Å². The Hall–Kier alpha value is -7.96. The Morgan fingerprint density at radius 3 is 0.274 bits per heavy atom. The van der Waals surface area contributed by atoms with E-state index in [0.717, 1.165) is 0 Å². The third-order valence-electron chi connectivity index (χ3n) is 25.4. The molecule has 0 aliphatic heterocycles. The van der Waals surface area contributed by atoms with E-state index in [-0.39, 0.29) is 28.2 Å². The van der Waals surface area contributed by atoms with Gasteiger partial charge in [0.2, 0.25) is 0 Å². The van der Waals surface area contributed by atoms with Gasteiger partial charge in [-0.15, -0.1) is 0 Å². The Kier molecular flexibility index (Phi) is 115. The van der Waals surface area contributed by atoms with Crippen molar-refractivity contribution in [3.63, 3.8) is 0 Å². The molecule has 9 aromatic rings. The molecule has 0 atom stereocenters. The van der Waals surface area contributed by atoms with E-state index in [1.54, 1.807) is 0 Å². The van der Waals surface area contributed by atoms with Gasteiger partial charge in [-0.1, -0.05) is 293 Å². The lowest BCUT2D eigenvalue weighted by Gasteiger charge is -2.36. The van der Waals surface area contributed by atoms with Gasteiger partial charge in [0.25, 0.3) is 0 Å². The number of phosphoric acid groups is 1. The van der Waals surface area contributed by atoms with Crippen LogP contribution in [-0.2, 0) is 63.5 Å². The molecule has 0 N–H and O–H groups in total. The zero-order chi connectivity index (χ0) is 103. The lowest BCUT2D eigenvalue weighted by atomic mass is 10.1. The molecule has 0 aliphatic carbocycles. The number of nitrogens with zero attached hydrogens (tertiary/aromatic N) is 9. The van der Waals surface area contributed by atoms with Gasteiger partial charge in [0, 0.05) is 167 Å². The van der Waals surface area contributed by atoms with Crippen molar-refractivity contribution in [2.45, 2.75) is 530 Å². The van der Waals surface area contributed by atoms with Crippen LogP contribution in [0.5, 0.6) is 0 Å². The van der Waals surface area contributed by atoms with E-state index in [4.69, 9.17) is 19.2 Å². The largest absolute Gasteiger partial charge is 1.00 e. The minimum Gasteiger partial charge on any atom is -1.00 e. The van der Waals surface area contributed by atoms with Crippen LogP contribution in [0, 0.1) is 62.3 Å². The fraction of sp³-hybridized carbons (Fsp3) is 0.643. The minimum atomic E-state index is -5.39. The summed E-state index contributed by atoms with van der Waals surface area (Å²) in [5.74, 6) is 0. The molecule has 0 saturated heterocycles. The quantitative estimate of drug-likeness (QED) is 0.0163. The molecule has 0 amide bonds. The molecule has 0 radical (unpaired) electrons. The summed E-state index contributed by atoms with van der Waals surface area (Å²) in [7, 11) is -5.39. The molecule has 9 aromatic heterocycles. The first-order chi connectivity index (χ1) is 67.9. The highest BCUT2D eigenvalue weighted by atomic mass is 31.2. The molecule has 9 rings (SSSR count). The fourth-order valence-electron chi connectivity index (χ4n) is 15.8. The molecular formula is C126H216F6N9O4P. The predicted octanol–water partition coefficient (Wildman–Crippen LogP) is 12.0. The van der Waals surface area contributed by atoms with Gasteiger partial charge in [-0.25, -0.2) is 41.1 Å². The number of aryl methyl sites for hydroxylation is 18. The second-order valence-electron chi connectivity index (χ2n) is 39.9. The third kappa shape index (κ3) is 105. The van der Waals surface area contributed by atoms with Crippen LogP contribution in [0.15, 0.2) is 221 Å². The average Bonchev–Trinajstić information content (AvgIpc) is 0.978. The van der Waals surface area contributed by atoms with Crippen LogP contribution in [0.4, 0.5) is 0 Å². The van der Waals surface area contributed by atoms with Crippen molar-refractivity contribution in [3.8, 4) is 0 Å². The Morgan fingerprint density at radius 2 is 0.205 bits per heavy atom. The molecule has 0 aromatic carbocycles. The van der Waals surface area contributed by atoms with Crippen molar-refractivity contribution < 1.29 is 88.6 Å². The first-order valence-corrected chi connectivity index (χ1v) is 58.7. The Labute approximate surface area is 892 Å². The van der Waals surface area contributed by atoms with Crippen molar-refractivity contribution in [1.82, 2.24) is 0 Å². The maximum absolute atomic E-state index is 8.55. The first-order valence-electron chi connectivity index (χ1n) is 57.3. The Bertz CT molecular complexity index is 3320. The zero-order valence-electron chi connectivity index (χ0n) is 96.2. The van der Waals surface area contributed by atoms with E-state index < -0.39 is 7.82 Å². The number of unbranched alkanes of at least 4 members (excludes halogenated alkanes) is 45. The van der Waals surface area contributed by atoms with Crippen LogP contribution >= 0.6 is 7.82 Å². The van der Waals surface area contributed by atoms with Gasteiger partial charge in [0.15, 0.2) is 112 Å². The number of aromatic nitrogens is 9. The van der Waals surface area contributed by atoms with Crippen LogP contribution in [0.3, 0.4) is 0 Å². The maximum atomic E-state index is 8.55. The second-order valence-corrected chi connectivity index (χ2v) is 40.8. The summed E-state index contributed by atoms with van der Waals surface area (Å²) in [6, 6.07) is 39.2. The summed E-state index contributed by atoms with van der Waals surface area (Å²) in [6.45, 7) is 50.2. The summed E-state index contributed by atoms with van der Waals surface area (Å²) < 4.78 is 29.1. The van der Waals surface area contributed by atoms with Gasteiger partial charge in [0.1, 0.15) is 58.9 Å². The van der Waals surface area contributed by atoms with Gasteiger partial charge in [-0.3, -0.25) is 0 Å². The molecule has 0 unspecified atom stereocenters. The predicted molar refractivity (Wildman–Crippen MR) is 590 cm³/mol. The van der Waals surface area contributed by atoms with Crippen LogP contribution in [-0.4, -0.2) is 0 Å². The van der Waals surface area contributed by atoms with Gasteiger partial charge >= 0.3 is 0 Å². The van der Waals surface area contributed by atoms with Crippen molar-refractivity contribution in [1.29, 1.82) is 0 Å². The van der Waals surface area contributed by atoms with E-state index >= 15 is 0 Å². The van der Waals surface area contributed by atoms with Crippen LogP contribution in [0.1, 0.15) is 459 Å². The SMILES string of the molecule is CCCCCCCC[n+]1ccc(C)cc1.CCCCCCCC[n+]1ccc(C)cc1.CCCCCCCC[n+]1ccc(C)cc1.CCCCCCCC[n+]1ccc(C)cc1.CCCCCCCC[n+]1ccc(C)cc1.CCCCCCCC[n+]1ccc(C)cc1.CCCCCCCC[n+]1ccc(C)cc1.CCCCCCCC[n+]1ccc(C)cc1.CCCCCCCC[n+]1ccc(C)cc1.O=P([O-])([O-])[O-].[F-].[F-].[F-].[F-].[F-].[F-]. The smallest absolute Gasteiger partial charge is 0.169 e. The van der Waals surface area contributed by atoms with Crippen molar-refractivity contribution in [2.75, 3.05) is 0 Å². The lowest BCUT2D eigenvalue weighted by molar-refractivity contribution is -0.697. The average molecular weight is 2070 g/mol. The van der Waals surface area contributed by atoms with Crippen LogP contribution in [0.25, 0.3) is 0 Å². The van der Waals surface area contributed by atoms with Crippen molar-refractivity contribution in [3.05, 3.63) is 271 Å². The minimum absolute atomic E-state index is 0. The highest BCUT2D eigenvalue weighted by molar-refractivity contribution is 7.40. The standard InChI is InChI=1S/9C14H24N.6FH.H3O4P/c9*1-3-4-5-6-7-8-11-15-12-9-14(2)10-13-15;;;;;;;1-5(2,3)4/h9*9-10,12-13H,3-8,11H2,1-2H3;6*1H;(H3,1,2,3,4)/q9*+1;;;;;;;/p-9. The number of hydrogen-bond donors (Lipinski definition) is 0. The molecule has 836 valence electrons. The Balaban J connectivity index is -0.000000294. The van der Waals surface area contributed by atoms with Crippen LogP contribution in [0.2, 0.25) is 0 Å². The van der Waals surface area contributed by atoms with Gasteiger partial charge < -0.3 is 47.5 Å². The number of pyridine rings is 9. The number of rotatable bonds is 63. The molecule has 9 heterocycles. The van der Waals surface area contributed by atoms with Crippen molar-refractivity contribution in [2.24, 2.45) is 0 Å². The van der Waals surface area contributed by atoms with E-state index in [1.807, 2.05) is 0 Å². The zero-order valence-corrected chi connectivity index (χ0v) is 97.1. The van der Waals surface area contributed by atoms with E-state index in [2.05, 4.69) is 386 Å². The monoisotopic (exact) mass is 2060 g/mol. The summed E-state index contributed by atoms with van der Waals surface area (Å²) in [5.41, 5.74) is 12.1. The van der Waals surface area contributed by atoms with E-state index in [1.165, 1.54) is 456 Å². The summed E-state index contributed by atoms with van der Waals surface area (Å²) in [5, 5.41) is 0. The molecule has 13 nitrogen and oxygen atoms in total. The topological polar surface area (TPSA) is 121 Å². The lowest BCUT2D eigenvalue weighted by Crippen LogP contribution is -3.00. The highest BCUT2D eigenvalue weighted by Gasteiger charge is 2.08. The summed E-state index contributed by atoms with van der Waals surface area (Å²) in [4.78, 5) is 25.6. The summed E-state index contributed by atoms with van der Waals surface area (Å²) >= 11 is 0. The molecule has 0 bridgehead atoms. The maximum Gasteiger partial charge on any atom is 0.169 e. The molecule has 0 spiro atoms. The normalized spacial score (nSPS) is 10.1. The Morgan fingerprint density at radius 1 is 0.144 bits per heavy atom. The molecule has 20 heteroatoms. The molecule has 146 heavy (non-hydrogen) atoms. The number of halogens is 6. The molecular weight excluding hydrogens is 1850 g/mol. The summed E-state index contributed by atoms with van der Waals surface area (Å²) in [6.07, 6.45) is 114. The molecule has 0 fully saturated rings. The molecule has 0 saturated carbocycles. The van der Waals surface area contributed by atoms with Gasteiger partial charge in [-0.2, -0.15) is 7.82 Å². The first kappa shape index (κ1) is 151. The van der Waals surface area contributed by atoms with Gasteiger partial charge in [0.05, 0.1) is 0 Å². The molecule has 0 aliphatic rings. The second kappa shape index (κ2) is 111. The fourth-order valence-corrected chi connectivity index (χ4v) is 15.8.